The molecule has 0 heterocycles. The maximum absolute atomic E-state index is 12.2. The molecule has 0 aromatic carbocycles. The van der Waals surface area contributed by atoms with E-state index in [2.05, 4.69) is 11.8 Å². The minimum absolute atomic E-state index is 0.154. The van der Waals surface area contributed by atoms with Crippen molar-refractivity contribution in [3.8, 4) is 0 Å². The molecule has 0 saturated heterocycles. The number of hydrogen-bond donors (Lipinski definition) is 0. The molecule has 0 aliphatic carbocycles. The summed E-state index contributed by atoms with van der Waals surface area (Å²) in [5, 5.41) is 0. The van der Waals surface area contributed by atoms with E-state index in [0.717, 1.165) is 26.2 Å². The lowest BCUT2D eigenvalue weighted by Crippen LogP contribution is -2.49. The van der Waals surface area contributed by atoms with Crippen molar-refractivity contribution in [3.63, 3.8) is 0 Å². The largest absolute Gasteiger partial charge is 0.325 e. The molecule has 16 heavy (non-hydrogen) atoms. The van der Waals surface area contributed by atoms with E-state index < -0.39 is 0 Å². The molecular weight excluding hydrogens is 202 g/mol. The molecule has 0 bridgehead atoms. The Morgan fingerprint density at radius 2 is 1.56 bits per heavy atom. The molecule has 0 aromatic rings. The van der Waals surface area contributed by atoms with Crippen LogP contribution in [0, 0.1) is 0 Å². The van der Waals surface area contributed by atoms with Crippen LogP contribution in [0.1, 0.15) is 27.7 Å². The summed E-state index contributed by atoms with van der Waals surface area (Å²) in [6.07, 6.45) is 0. The Labute approximate surface area is 100 Å². The van der Waals surface area contributed by atoms with Crippen molar-refractivity contribution in [2.75, 3.05) is 40.3 Å². The Morgan fingerprint density at radius 1 is 1.06 bits per heavy atom. The van der Waals surface area contributed by atoms with Crippen LogP contribution in [0.15, 0.2) is 0 Å². The van der Waals surface area contributed by atoms with Crippen LogP contribution >= 0.6 is 0 Å². The Bertz CT molecular complexity index is 202. The summed E-state index contributed by atoms with van der Waals surface area (Å²) in [5.41, 5.74) is 0. The lowest BCUT2D eigenvalue weighted by Gasteiger charge is -2.34. The monoisotopic (exact) mass is 229 g/mol. The fourth-order valence-electron chi connectivity index (χ4n) is 1.94. The number of carbonyl (C=O) groups excluding carboxylic acids is 1. The second-order valence-electron chi connectivity index (χ2n) is 4.35. The normalized spacial score (nSPS) is 12.7. The Hall–Kier alpha value is -0.770. The average molecular weight is 229 g/mol. The molecule has 0 rings (SSSR count). The summed E-state index contributed by atoms with van der Waals surface area (Å²) in [6.45, 7) is 11.4. The van der Waals surface area contributed by atoms with Crippen molar-refractivity contribution < 1.29 is 4.79 Å². The number of likely N-dealkylation sites (N-methyl/N-ethyl adjacent to an activating group) is 2. The molecule has 0 N–H and O–H groups in total. The minimum Gasteiger partial charge on any atom is -0.325 e. The summed E-state index contributed by atoms with van der Waals surface area (Å²) in [4.78, 5) is 18.1. The van der Waals surface area contributed by atoms with E-state index in [1.807, 2.05) is 44.7 Å². The highest BCUT2D eigenvalue weighted by atomic mass is 16.2. The highest BCUT2D eigenvalue weighted by Crippen LogP contribution is 2.05. The molecule has 4 heteroatoms. The number of carbonyl (C=O) groups is 1. The van der Waals surface area contributed by atoms with E-state index in [1.165, 1.54) is 0 Å². The Kier molecular flexibility index (Phi) is 7.13. The van der Waals surface area contributed by atoms with Crippen molar-refractivity contribution in [2.24, 2.45) is 0 Å². The van der Waals surface area contributed by atoms with Crippen LogP contribution in [0.25, 0.3) is 0 Å². The van der Waals surface area contributed by atoms with E-state index in [0.29, 0.717) is 0 Å². The molecule has 96 valence electrons. The number of amides is 2. The lowest BCUT2D eigenvalue weighted by atomic mass is 10.2. The van der Waals surface area contributed by atoms with Crippen molar-refractivity contribution in [2.45, 2.75) is 33.7 Å². The van der Waals surface area contributed by atoms with Crippen molar-refractivity contribution in [3.05, 3.63) is 0 Å². The molecule has 0 fully saturated rings. The van der Waals surface area contributed by atoms with Gasteiger partial charge < -0.3 is 14.7 Å². The van der Waals surface area contributed by atoms with Gasteiger partial charge in [0.05, 0.1) is 0 Å². The molecule has 2 amide bonds. The lowest BCUT2D eigenvalue weighted by molar-refractivity contribution is 0.134. The van der Waals surface area contributed by atoms with Gasteiger partial charge in [0.2, 0.25) is 0 Å². The first kappa shape index (κ1) is 15.2. The summed E-state index contributed by atoms with van der Waals surface area (Å²) in [6, 6.07) is 0.412. The van der Waals surface area contributed by atoms with Crippen LogP contribution in [0.2, 0.25) is 0 Å². The SMILES string of the molecule is CCN(CC)C(=O)N(CC)C(C)CN(C)C. The summed E-state index contributed by atoms with van der Waals surface area (Å²) >= 11 is 0. The first-order chi connectivity index (χ1) is 7.47. The highest BCUT2D eigenvalue weighted by Gasteiger charge is 2.22. The Morgan fingerprint density at radius 3 is 1.88 bits per heavy atom. The van der Waals surface area contributed by atoms with Gasteiger partial charge in [0.1, 0.15) is 0 Å². The van der Waals surface area contributed by atoms with Crippen LogP contribution in [0.3, 0.4) is 0 Å². The van der Waals surface area contributed by atoms with Crippen molar-refractivity contribution in [1.82, 2.24) is 14.7 Å². The predicted octanol–water partition coefficient (Wildman–Crippen LogP) is 1.72. The van der Waals surface area contributed by atoms with Gasteiger partial charge in [-0.05, 0) is 41.8 Å². The van der Waals surface area contributed by atoms with Crippen LogP contribution < -0.4 is 0 Å². The smallest absolute Gasteiger partial charge is 0.320 e. The van der Waals surface area contributed by atoms with Gasteiger partial charge in [0.15, 0.2) is 0 Å². The summed E-state index contributed by atoms with van der Waals surface area (Å²) < 4.78 is 0. The quantitative estimate of drug-likeness (QED) is 0.693. The second-order valence-corrected chi connectivity index (χ2v) is 4.35. The molecule has 0 aliphatic rings. The molecule has 0 aromatic heterocycles. The van der Waals surface area contributed by atoms with E-state index in [-0.39, 0.29) is 12.1 Å². The third kappa shape index (κ3) is 4.39. The van der Waals surface area contributed by atoms with Gasteiger partial charge in [-0.25, -0.2) is 4.79 Å². The van der Waals surface area contributed by atoms with Gasteiger partial charge in [-0.1, -0.05) is 0 Å². The van der Waals surface area contributed by atoms with Crippen molar-refractivity contribution in [1.29, 1.82) is 0 Å². The molecular formula is C12H27N3O. The Balaban J connectivity index is 4.52. The molecule has 1 unspecified atom stereocenters. The number of urea groups is 1. The maximum Gasteiger partial charge on any atom is 0.320 e. The van der Waals surface area contributed by atoms with E-state index in [1.54, 1.807) is 0 Å². The van der Waals surface area contributed by atoms with Crippen LogP contribution in [0.4, 0.5) is 4.79 Å². The third-order valence-corrected chi connectivity index (χ3v) is 2.78. The fraction of sp³-hybridized carbons (Fsp3) is 0.917. The van der Waals surface area contributed by atoms with Gasteiger partial charge in [-0.2, -0.15) is 0 Å². The van der Waals surface area contributed by atoms with E-state index in [9.17, 15) is 4.79 Å². The second kappa shape index (κ2) is 7.49. The molecule has 0 radical (unpaired) electrons. The first-order valence-electron chi connectivity index (χ1n) is 6.18. The maximum atomic E-state index is 12.2. The fourth-order valence-corrected chi connectivity index (χ4v) is 1.94. The van der Waals surface area contributed by atoms with Crippen LogP contribution in [-0.2, 0) is 0 Å². The standard InChI is InChI=1S/C12H27N3O/c1-7-14(8-2)12(16)15(9-3)11(4)10-13(5)6/h11H,7-10H2,1-6H3. The third-order valence-electron chi connectivity index (χ3n) is 2.78. The van der Waals surface area contributed by atoms with Gasteiger partial charge in [0.25, 0.3) is 0 Å². The van der Waals surface area contributed by atoms with E-state index in [4.69, 9.17) is 0 Å². The molecule has 4 nitrogen and oxygen atoms in total. The molecule has 1 atom stereocenters. The van der Waals surface area contributed by atoms with Crippen molar-refractivity contribution >= 4 is 6.03 Å². The first-order valence-corrected chi connectivity index (χ1v) is 6.18. The zero-order valence-electron chi connectivity index (χ0n) is 11.7. The average Bonchev–Trinajstić information content (AvgIpc) is 2.19. The number of hydrogen-bond acceptors (Lipinski definition) is 2. The van der Waals surface area contributed by atoms with E-state index >= 15 is 0 Å². The topological polar surface area (TPSA) is 26.8 Å². The number of nitrogens with zero attached hydrogens (tertiary/aromatic N) is 3. The van der Waals surface area contributed by atoms with Gasteiger partial charge >= 0.3 is 6.03 Å². The van der Waals surface area contributed by atoms with Gasteiger partial charge in [0, 0.05) is 32.2 Å². The van der Waals surface area contributed by atoms with Crippen LogP contribution in [0.5, 0.6) is 0 Å². The minimum atomic E-state index is 0.154. The molecule has 0 saturated carbocycles. The number of rotatable bonds is 6. The molecule has 0 aliphatic heterocycles. The molecule has 0 spiro atoms. The summed E-state index contributed by atoms with van der Waals surface area (Å²) in [5.74, 6) is 0. The zero-order valence-corrected chi connectivity index (χ0v) is 11.7. The zero-order chi connectivity index (χ0) is 12.7. The summed E-state index contributed by atoms with van der Waals surface area (Å²) in [7, 11) is 4.07. The predicted molar refractivity (Wildman–Crippen MR) is 68.7 cm³/mol. The van der Waals surface area contributed by atoms with Gasteiger partial charge in [-0.15, -0.1) is 0 Å². The highest BCUT2D eigenvalue weighted by molar-refractivity contribution is 5.74. The van der Waals surface area contributed by atoms with Gasteiger partial charge in [-0.3, -0.25) is 0 Å². The van der Waals surface area contributed by atoms with Crippen LogP contribution in [-0.4, -0.2) is 67.0 Å².